The van der Waals surface area contributed by atoms with Crippen molar-refractivity contribution < 1.29 is 14.3 Å². The standard InChI is InChI=1S/C15H14N2O3/c16-14(18)12-6-8-13(9-7-12)17-15(19)20-10-11-4-2-1-3-5-11/h1-9H,10H2,(H2,16,18)(H,17,19). The van der Waals surface area contributed by atoms with E-state index < -0.39 is 12.0 Å². The number of nitrogens with two attached hydrogens (primary N) is 1. The molecule has 0 atom stereocenters. The molecular formula is C15H14N2O3. The average molecular weight is 270 g/mol. The van der Waals surface area contributed by atoms with Gasteiger partial charge in [0.1, 0.15) is 6.61 Å². The van der Waals surface area contributed by atoms with Crippen molar-refractivity contribution in [3.8, 4) is 0 Å². The van der Waals surface area contributed by atoms with Crippen LogP contribution in [0.15, 0.2) is 54.6 Å². The van der Waals surface area contributed by atoms with Crippen LogP contribution < -0.4 is 11.1 Å². The van der Waals surface area contributed by atoms with E-state index in [0.29, 0.717) is 11.3 Å². The summed E-state index contributed by atoms with van der Waals surface area (Å²) in [6.45, 7) is 0.200. The van der Waals surface area contributed by atoms with E-state index in [1.165, 1.54) is 12.1 Å². The van der Waals surface area contributed by atoms with Gasteiger partial charge in [0.2, 0.25) is 5.91 Å². The third kappa shape index (κ3) is 3.84. The van der Waals surface area contributed by atoms with Crippen molar-refractivity contribution in [3.63, 3.8) is 0 Å². The van der Waals surface area contributed by atoms with Crippen molar-refractivity contribution in [3.05, 3.63) is 65.7 Å². The molecule has 0 radical (unpaired) electrons. The molecule has 0 heterocycles. The second kappa shape index (κ2) is 6.38. The van der Waals surface area contributed by atoms with Crippen LogP contribution in [0.2, 0.25) is 0 Å². The lowest BCUT2D eigenvalue weighted by Gasteiger charge is -2.07. The molecule has 5 heteroatoms. The highest BCUT2D eigenvalue weighted by molar-refractivity contribution is 5.93. The third-order valence-corrected chi connectivity index (χ3v) is 2.63. The molecule has 20 heavy (non-hydrogen) atoms. The Kier molecular flexibility index (Phi) is 4.34. The fourth-order valence-corrected chi connectivity index (χ4v) is 1.59. The molecule has 0 saturated carbocycles. The molecule has 0 bridgehead atoms. The van der Waals surface area contributed by atoms with Gasteiger partial charge in [-0.05, 0) is 29.8 Å². The number of ether oxygens (including phenoxy) is 1. The van der Waals surface area contributed by atoms with Crippen molar-refractivity contribution in [2.75, 3.05) is 5.32 Å². The Morgan fingerprint density at radius 2 is 1.65 bits per heavy atom. The van der Waals surface area contributed by atoms with Crippen molar-refractivity contribution >= 4 is 17.7 Å². The third-order valence-electron chi connectivity index (χ3n) is 2.63. The number of benzene rings is 2. The number of nitrogens with one attached hydrogen (secondary N) is 1. The van der Waals surface area contributed by atoms with Gasteiger partial charge in [0.15, 0.2) is 0 Å². The summed E-state index contributed by atoms with van der Waals surface area (Å²) in [5.41, 5.74) is 6.95. The predicted octanol–water partition coefficient (Wildman–Crippen LogP) is 2.53. The fourth-order valence-electron chi connectivity index (χ4n) is 1.59. The van der Waals surface area contributed by atoms with Gasteiger partial charge >= 0.3 is 6.09 Å². The molecule has 0 unspecified atom stereocenters. The molecule has 2 amide bonds. The Hall–Kier alpha value is -2.82. The second-order valence-electron chi connectivity index (χ2n) is 4.13. The summed E-state index contributed by atoms with van der Waals surface area (Å²) in [5, 5.41) is 2.57. The molecule has 0 aliphatic rings. The number of primary amides is 1. The van der Waals surface area contributed by atoms with Crippen LogP contribution in [-0.2, 0) is 11.3 Å². The Balaban J connectivity index is 1.86. The lowest BCUT2D eigenvalue weighted by atomic mass is 10.2. The van der Waals surface area contributed by atoms with Crippen molar-refractivity contribution in [2.45, 2.75) is 6.61 Å². The Morgan fingerprint density at radius 3 is 2.25 bits per heavy atom. The minimum atomic E-state index is -0.555. The zero-order chi connectivity index (χ0) is 14.4. The van der Waals surface area contributed by atoms with Crippen LogP contribution in [0, 0.1) is 0 Å². The van der Waals surface area contributed by atoms with Gasteiger partial charge in [-0.2, -0.15) is 0 Å². The number of anilines is 1. The first-order chi connectivity index (χ1) is 9.65. The molecule has 0 aliphatic carbocycles. The lowest BCUT2D eigenvalue weighted by molar-refractivity contribution is 0.100. The first-order valence-corrected chi connectivity index (χ1v) is 6.03. The van der Waals surface area contributed by atoms with E-state index in [2.05, 4.69) is 5.32 Å². The Labute approximate surface area is 116 Å². The van der Waals surface area contributed by atoms with E-state index in [-0.39, 0.29) is 6.61 Å². The quantitative estimate of drug-likeness (QED) is 0.895. The maximum absolute atomic E-state index is 11.6. The van der Waals surface area contributed by atoms with E-state index in [1.54, 1.807) is 12.1 Å². The summed E-state index contributed by atoms with van der Waals surface area (Å²) in [6, 6.07) is 15.6. The molecule has 0 aromatic heterocycles. The molecule has 3 N–H and O–H groups in total. The molecule has 102 valence electrons. The lowest BCUT2D eigenvalue weighted by Crippen LogP contribution is -2.14. The van der Waals surface area contributed by atoms with E-state index in [9.17, 15) is 9.59 Å². The maximum Gasteiger partial charge on any atom is 0.411 e. The number of carbonyl (C=O) groups is 2. The van der Waals surface area contributed by atoms with Crippen LogP contribution >= 0.6 is 0 Å². The molecule has 0 saturated heterocycles. The predicted molar refractivity (Wildman–Crippen MR) is 75.2 cm³/mol. The maximum atomic E-state index is 11.6. The largest absolute Gasteiger partial charge is 0.444 e. The second-order valence-corrected chi connectivity index (χ2v) is 4.13. The van der Waals surface area contributed by atoms with Crippen LogP contribution in [-0.4, -0.2) is 12.0 Å². The molecule has 2 aromatic rings. The van der Waals surface area contributed by atoms with E-state index in [4.69, 9.17) is 10.5 Å². The molecule has 0 fully saturated rings. The zero-order valence-electron chi connectivity index (χ0n) is 10.7. The molecular weight excluding hydrogens is 256 g/mol. The molecule has 0 aliphatic heterocycles. The number of amides is 2. The number of hydrogen-bond acceptors (Lipinski definition) is 3. The van der Waals surface area contributed by atoms with E-state index in [1.807, 2.05) is 30.3 Å². The van der Waals surface area contributed by atoms with Crippen LogP contribution in [0.1, 0.15) is 15.9 Å². The minimum Gasteiger partial charge on any atom is -0.444 e. The first-order valence-electron chi connectivity index (χ1n) is 6.03. The van der Waals surface area contributed by atoms with Crippen LogP contribution in [0.4, 0.5) is 10.5 Å². The Morgan fingerprint density at radius 1 is 1.00 bits per heavy atom. The van der Waals surface area contributed by atoms with Crippen LogP contribution in [0.25, 0.3) is 0 Å². The summed E-state index contributed by atoms with van der Waals surface area (Å²) < 4.78 is 5.07. The minimum absolute atomic E-state index is 0.200. The highest BCUT2D eigenvalue weighted by Gasteiger charge is 2.05. The molecule has 5 nitrogen and oxygen atoms in total. The van der Waals surface area contributed by atoms with Gasteiger partial charge in [0, 0.05) is 11.3 Å². The highest BCUT2D eigenvalue weighted by atomic mass is 16.5. The Bertz CT molecular complexity index is 594. The summed E-state index contributed by atoms with van der Waals surface area (Å²) in [5.74, 6) is -0.511. The van der Waals surface area contributed by atoms with Gasteiger partial charge in [0.05, 0.1) is 0 Å². The topological polar surface area (TPSA) is 81.4 Å². The summed E-state index contributed by atoms with van der Waals surface area (Å²) in [4.78, 5) is 22.5. The zero-order valence-corrected chi connectivity index (χ0v) is 10.7. The summed E-state index contributed by atoms with van der Waals surface area (Å²) >= 11 is 0. The monoisotopic (exact) mass is 270 g/mol. The van der Waals surface area contributed by atoms with Crippen LogP contribution in [0.5, 0.6) is 0 Å². The van der Waals surface area contributed by atoms with Gasteiger partial charge in [-0.25, -0.2) is 4.79 Å². The van der Waals surface area contributed by atoms with Gasteiger partial charge in [-0.3, -0.25) is 10.1 Å². The average Bonchev–Trinajstić information content (AvgIpc) is 2.47. The summed E-state index contributed by atoms with van der Waals surface area (Å²) in [6.07, 6.45) is -0.555. The highest BCUT2D eigenvalue weighted by Crippen LogP contribution is 2.10. The normalized spacial score (nSPS) is 9.80. The molecule has 2 aromatic carbocycles. The van der Waals surface area contributed by atoms with E-state index >= 15 is 0 Å². The fraction of sp³-hybridized carbons (Fsp3) is 0.0667. The molecule has 0 spiro atoms. The van der Waals surface area contributed by atoms with Crippen LogP contribution in [0.3, 0.4) is 0 Å². The number of hydrogen-bond donors (Lipinski definition) is 2. The van der Waals surface area contributed by atoms with Gasteiger partial charge in [0.25, 0.3) is 0 Å². The smallest absolute Gasteiger partial charge is 0.411 e. The van der Waals surface area contributed by atoms with Gasteiger partial charge in [-0.15, -0.1) is 0 Å². The van der Waals surface area contributed by atoms with E-state index in [0.717, 1.165) is 5.56 Å². The van der Waals surface area contributed by atoms with Gasteiger partial charge < -0.3 is 10.5 Å². The number of rotatable bonds is 4. The first kappa shape index (κ1) is 13.6. The SMILES string of the molecule is NC(=O)c1ccc(NC(=O)OCc2ccccc2)cc1. The summed E-state index contributed by atoms with van der Waals surface area (Å²) in [7, 11) is 0. The van der Waals surface area contributed by atoms with Gasteiger partial charge in [-0.1, -0.05) is 30.3 Å². The van der Waals surface area contributed by atoms with Crippen molar-refractivity contribution in [1.29, 1.82) is 0 Å². The van der Waals surface area contributed by atoms with Crippen molar-refractivity contribution in [2.24, 2.45) is 5.73 Å². The molecule has 2 rings (SSSR count). The number of carbonyl (C=O) groups excluding carboxylic acids is 2. The van der Waals surface area contributed by atoms with Crippen molar-refractivity contribution in [1.82, 2.24) is 0 Å².